The van der Waals surface area contributed by atoms with Crippen LogP contribution in [0.1, 0.15) is 59.6 Å². The van der Waals surface area contributed by atoms with Crippen molar-refractivity contribution in [2.45, 2.75) is 53.9 Å². The normalized spacial score (nSPS) is 14.5. The number of hydrogen-bond donors (Lipinski definition) is 0. The van der Waals surface area contributed by atoms with Gasteiger partial charge in [0.2, 0.25) is 0 Å². The first kappa shape index (κ1) is 16.8. The number of rotatable bonds is 3. The van der Waals surface area contributed by atoms with Gasteiger partial charge >= 0.3 is 0 Å². The zero-order chi connectivity index (χ0) is 17.4. The molecule has 0 unspecified atom stereocenters. The van der Waals surface area contributed by atoms with E-state index >= 15 is 0 Å². The third-order valence-corrected chi connectivity index (χ3v) is 5.17. The van der Waals surface area contributed by atoms with Gasteiger partial charge in [-0.25, -0.2) is 0 Å². The van der Waals surface area contributed by atoms with Crippen molar-refractivity contribution in [3.05, 3.63) is 92.6 Å². The summed E-state index contributed by atoms with van der Waals surface area (Å²) in [6.45, 7) is 13.3. The maximum atomic E-state index is 2.44. The molecule has 1 aliphatic rings. The number of benzene rings is 2. The Kier molecular flexibility index (Phi) is 4.49. The molecule has 2 aromatic rings. The van der Waals surface area contributed by atoms with E-state index in [2.05, 4.69) is 84.0 Å². The molecule has 0 atom stereocenters. The smallest absolute Gasteiger partial charge is 0.0339 e. The molecule has 0 nitrogen and oxygen atoms in total. The van der Waals surface area contributed by atoms with Gasteiger partial charge in [-0.15, -0.1) is 0 Å². The highest BCUT2D eigenvalue weighted by molar-refractivity contribution is 5.54. The van der Waals surface area contributed by atoms with Crippen molar-refractivity contribution in [3.8, 4) is 0 Å². The molecule has 0 N–H and O–H groups in total. The lowest BCUT2D eigenvalue weighted by Gasteiger charge is -2.23. The van der Waals surface area contributed by atoms with Crippen LogP contribution in [0.25, 0.3) is 0 Å². The Labute approximate surface area is 146 Å². The minimum absolute atomic E-state index is 0.333. The SMILES string of the molecule is CC1=C(C)C(C(c2cc(C)cc(C)c2)c2cc(C)cc(C)c2)=CC1. The van der Waals surface area contributed by atoms with Gasteiger partial charge < -0.3 is 0 Å². The van der Waals surface area contributed by atoms with Crippen LogP contribution in [0.2, 0.25) is 0 Å². The summed E-state index contributed by atoms with van der Waals surface area (Å²) in [6.07, 6.45) is 3.53. The summed E-state index contributed by atoms with van der Waals surface area (Å²) in [5.74, 6) is 0.333. The second kappa shape index (κ2) is 6.43. The Morgan fingerprint density at radius 3 is 1.38 bits per heavy atom. The lowest BCUT2D eigenvalue weighted by atomic mass is 9.80. The summed E-state index contributed by atoms with van der Waals surface area (Å²) >= 11 is 0. The van der Waals surface area contributed by atoms with Crippen LogP contribution in [0.15, 0.2) is 59.2 Å². The van der Waals surface area contributed by atoms with E-state index in [1.807, 2.05) is 0 Å². The van der Waals surface area contributed by atoms with E-state index in [-0.39, 0.29) is 0 Å². The molecule has 0 fully saturated rings. The minimum atomic E-state index is 0.333. The molecule has 0 radical (unpaired) electrons. The molecule has 0 spiro atoms. The summed E-state index contributed by atoms with van der Waals surface area (Å²) < 4.78 is 0. The van der Waals surface area contributed by atoms with Crippen molar-refractivity contribution in [3.63, 3.8) is 0 Å². The first-order chi connectivity index (χ1) is 11.3. The highest BCUT2D eigenvalue weighted by atomic mass is 14.3. The molecule has 3 rings (SSSR count). The molecule has 0 saturated heterocycles. The summed E-state index contributed by atoms with van der Waals surface area (Å²) in [6, 6.07) is 14.0. The van der Waals surface area contributed by atoms with E-state index in [1.54, 1.807) is 0 Å². The van der Waals surface area contributed by atoms with Gasteiger partial charge in [-0.2, -0.15) is 0 Å². The summed E-state index contributed by atoms with van der Waals surface area (Å²) in [7, 11) is 0. The van der Waals surface area contributed by atoms with Gasteiger partial charge in [0.15, 0.2) is 0 Å². The van der Waals surface area contributed by atoms with Crippen LogP contribution in [0.5, 0.6) is 0 Å². The van der Waals surface area contributed by atoms with Crippen LogP contribution < -0.4 is 0 Å². The topological polar surface area (TPSA) is 0 Å². The standard InChI is InChI=1S/C24H28/c1-15-9-16(2)12-21(11-15)24(23-8-7-19(5)20(23)6)22-13-17(3)10-18(4)14-22/h8-14,24H,7H2,1-6H3. The first-order valence-electron chi connectivity index (χ1n) is 8.88. The molecule has 2 aromatic carbocycles. The Balaban J connectivity index is 2.21. The molecule has 0 heterocycles. The minimum Gasteiger partial charge on any atom is -0.0760 e. The quantitative estimate of drug-likeness (QED) is 0.589. The highest BCUT2D eigenvalue weighted by Gasteiger charge is 2.24. The Hall–Kier alpha value is -2.08. The van der Waals surface area contributed by atoms with Crippen molar-refractivity contribution in [1.29, 1.82) is 0 Å². The van der Waals surface area contributed by atoms with Crippen molar-refractivity contribution in [2.24, 2.45) is 0 Å². The molecule has 0 heteroatoms. The predicted octanol–water partition coefficient (Wildman–Crippen LogP) is 6.72. The van der Waals surface area contributed by atoms with E-state index in [9.17, 15) is 0 Å². The van der Waals surface area contributed by atoms with E-state index in [1.165, 1.54) is 50.1 Å². The average Bonchev–Trinajstić information content (AvgIpc) is 2.78. The van der Waals surface area contributed by atoms with Crippen molar-refractivity contribution >= 4 is 0 Å². The number of allylic oxidation sites excluding steroid dienone is 4. The first-order valence-corrected chi connectivity index (χ1v) is 8.88. The van der Waals surface area contributed by atoms with E-state index in [4.69, 9.17) is 0 Å². The van der Waals surface area contributed by atoms with Gasteiger partial charge in [0.25, 0.3) is 0 Å². The van der Waals surface area contributed by atoms with Gasteiger partial charge in [0.05, 0.1) is 0 Å². The zero-order valence-corrected chi connectivity index (χ0v) is 15.8. The molecular weight excluding hydrogens is 288 g/mol. The summed E-state index contributed by atoms with van der Waals surface area (Å²) in [5, 5.41) is 0. The van der Waals surface area contributed by atoms with Crippen LogP contribution in [0, 0.1) is 27.7 Å². The van der Waals surface area contributed by atoms with Gasteiger partial charge in [0.1, 0.15) is 0 Å². The predicted molar refractivity (Wildman–Crippen MR) is 105 cm³/mol. The van der Waals surface area contributed by atoms with Crippen LogP contribution in [0.3, 0.4) is 0 Å². The van der Waals surface area contributed by atoms with Crippen LogP contribution in [-0.4, -0.2) is 0 Å². The molecule has 1 aliphatic carbocycles. The van der Waals surface area contributed by atoms with E-state index < -0.39 is 0 Å². The van der Waals surface area contributed by atoms with Crippen molar-refractivity contribution in [2.75, 3.05) is 0 Å². The Bertz CT molecular complexity index is 754. The lowest BCUT2D eigenvalue weighted by molar-refractivity contribution is 0.946. The number of hydrogen-bond acceptors (Lipinski definition) is 0. The number of aryl methyl sites for hydroxylation is 4. The molecular formula is C24H28. The Morgan fingerprint density at radius 1 is 0.625 bits per heavy atom. The summed E-state index contributed by atoms with van der Waals surface area (Å²) in [5.41, 5.74) is 12.7. The monoisotopic (exact) mass is 316 g/mol. The molecule has 124 valence electrons. The fourth-order valence-electron chi connectivity index (χ4n) is 4.05. The molecule has 0 aliphatic heterocycles. The van der Waals surface area contributed by atoms with E-state index in [0.29, 0.717) is 5.92 Å². The van der Waals surface area contributed by atoms with Crippen LogP contribution >= 0.6 is 0 Å². The lowest BCUT2D eigenvalue weighted by Crippen LogP contribution is -2.07. The van der Waals surface area contributed by atoms with Crippen molar-refractivity contribution in [1.82, 2.24) is 0 Å². The average molecular weight is 316 g/mol. The van der Waals surface area contributed by atoms with Gasteiger partial charge in [-0.1, -0.05) is 70.3 Å². The van der Waals surface area contributed by atoms with E-state index in [0.717, 1.165) is 6.42 Å². The van der Waals surface area contributed by atoms with Gasteiger partial charge in [-0.3, -0.25) is 0 Å². The van der Waals surface area contributed by atoms with Gasteiger partial charge in [0, 0.05) is 5.92 Å². The Morgan fingerprint density at radius 2 is 1.04 bits per heavy atom. The molecule has 0 bridgehead atoms. The summed E-state index contributed by atoms with van der Waals surface area (Å²) in [4.78, 5) is 0. The molecule has 0 saturated carbocycles. The van der Waals surface area contributed by atoms with Crippen molar-refractivity contribution < 1.29 is 0 Å². The second-order valence-electron chi connectivity index (χ2n) is 7.54. The fraction of sp³-hybridized carbons (Fsp3) is 0.333. The molecule has 24 heavy (non-hydrogen) atoms. The molecule has 0 amide bonds. The third kappa shape index (κ3) is 3.24. The van der Waals surface area contributed by atoms with Crippen LogP contribution in [-0.2, 0) is 0 Å². The second-order valence-corrected chi connectivity index (χ2v) is 7.54. The zero-order valence-electron chi connectivity index (χ0n) is 15.8. The largest absolute Gasteiger partial charge is 0.0760 e. The fourth-order valence-corrected chi connectivity index (χ4v) is 4.05. The third-order valence-electron chi connectivity index (χ3n) is 5.17. The highest BCUT2D eigenvalue weighted by Crippen LogP contribution is 2.41. The van der Waals surface area contributed by atoms with Crippen LogP contribution in [0.4, 0.5) is 0 Å². The maximum absolute atomic E-state index is 2.44. The van der Waals surface area contributed by atoms with Gasteiger partial charge in [-0.05, 0) is 70.2 Å². The maximum Gasteiger partial charge on any atom is 0.0339 e. The molecule has 0 aromatic heterocycles.